The first-order valence-electron chi connectivity index (χ1n) is 16.3. The first-order chi connectivity index (χ1) is 23.8. The first-order valence-corrected chi connectivity index (χ1v) is 16.3. The number of hydrogen-bond donors (Lipinski definition) is 1. The molecule has 0 radical (unpaired) electrons. The van der Waals surface area contributed by atoms with Crippen molar-refractivity contribution in [2.24, 2.45) is 0 Å². The van der Waals surface area contributed by atoms with Crippen LogP contribution in [-0.4, -0.2) is 21.0 Å². The lowest BCUT2D eigenvalue weighted by molar-refractivity contribution is 0.544. The molecule has 0 saturated heterocycles. The third-order valence-corrected chi connectivity index (χ3v) is 9.46. The van der Waals surface area contributed by atoms with Crippen molar-refractivity contribution in [2.45, 2.75) is 18.9 Å². The Bertz CT molecular complexity index is 2600. The molecule has 4 heterocycles. The van der Waals surface area contributed by atoms with Crippen LogP contribution in [0.4, 0.5) is 0 Å². The third-order valence-electron chi connectivity index (χ3n) is 9.46. The molecule has 1 unspecified atom stereocenters. The smallest absolute Gasteiger partial charge is 0.167 e. The molecule has 0 fully saturated rings. The predicted molar refractivity (Wildman–Crippen MR) is 191 cm³/mol. The average Bonchev–Trinajstić information content (AvgIpc) is 3.73. The molecule has 6 heteroatoms. The Morgan fingerprint density at radius 1 is 0.667 bits per heavy atom. The van der Waals surface area contributed by atoms with Crippen LogP contribution in [0.25, 0.3) is 66.8 Å². The Balaban J connectivity index is 1.15. The summed E-state index contributed by atoms with van der Waals surface area (Å²) in [6.45, 7) is 0. The van der Waals surface area contributed by atoms with E-state index in [0.717, 1.165) is 84.9 Å². The Kier molecular flexibility index (Phi) is 5.96. The quantitative estimate of drug-likeness (QED) is 0.211. The van der Waals surface area contributed by atoms with Gasteiger partial charge in [0.05, 0.1) is 11.6 Å². The fraction of sp³-hybridized carbons (Fsp3) is 0.0714. The van der Waals surface area contributed by atoms with E-state index in [-0.39, 0.29) is 6.04 Å². The lowest BCUT2D eigenvalue weighted by Gasteiger charge is -2.22. The molecule has 0 amide bonds. The predicted octanol–water partition coefficient (Wildman–Crippen LogP) is 9.59. The number of rotatable bonds is 4. The van der Waals surface area contributed by atoms with Gasteiger partial charge in [-0.3, -0.25) is 0 Å². The number of hydrogen-bond acceptors (Lipinski definition) is 6. The highest BCUT2D eigenvalue weighted by Crippen LogP contribution is 2.42. The molecule has 0 bridgehead atoms. The zero-order chi connectivity index (χ0) is 31.6. The minimum Gasteiger partial charge on any atom is -0.460 e. The summed E-state index contributed by atoms with van der Waals surface area (Å²) >= 11 is 0. The number of allylic oxidation sites excluding steroid dienone is 5. The van der Waals surface area contributed by atoms with Crippen molar-refractivity contribution in [2.75, 3.05) is 0 Å². The Labute approximate surface area is 276 Å². The lowest BCUT2D eigenvalue weighted by Crippen LogP contribution is -2.27. The molecule has 4 aromatic carbocycles. The van der Waals surface area contributed by atoms with Crippen LogP contribution < -0.4 is 5.32 Å². The van der Waals surface area contributed by atoms with Gasteiger partial charge in [0.25, 0.3) is 0 Å². The number of fused-ring (bicyclic) bond motifs is 7. The van der Waals surface area contributed by atoms with Gasteiger partial charge in [-0.05, 0) is 48.1 Å². The second kappa shape index (κ2) is 10.6. The van der Waals surface area contributed by atoms with Crippen molar-refractivity contribution in [3.63, 3.8) is 0 Å². The van der Waals surface area contributed by atoms with E-state index in [1.807, 2.05) is 72.9 Å². The minimum atomic E-state index is 0.140. The van der Waals surface area contributed by atoms with E-state index < -0.39 is 0 Å². The van der Waals surface area contributed by atoms with Crippen LogP contribution in [0.5, 0.6) is 0 Å². The summed E-state index contributed by atoms with van der Waals surface area (Å²) in [5, 5.41) is 6.62. The number of para-hydroxylation sites is 3. The maximum Gasteiger partial charge on any atom is 0.167 e. The van der Waals surface area contributed by atoms with Gasteiger partial charge in [0, 0.05) is 44.8 Å². The molecule has 1 aliphatic heterocycles. The second-order valence-corrected chi connectivity index (χ2v) is 12.3. The number of furan rings is 2. The van der Waals surface area contributed by atoms with E-state index in [4.69, 9.17) is 23.8 Å². The average molecular weight is 621 g/mol. The molecule has 228 valence electrons. The highest BCUT2D eigenvalue weighted by Gasteiger charge is 2.27. The molecule has 7 aromatic rings. The molecule has 2 aliphatic carbocycles. The van der Waals surface area contributed by atoms with Crippen molar-refractivity contribution < 1.29 is 8.83 Å². The van der Waals surface area contributed by atoms with E-state index >= 15 is 0 Å². The van der Waals surface area contributed by atoms with Gasteiger partial charge in [-0.25, -0.2) is 15.0 Å². The van der Waals surface area contributed by atoms with Crippen LogP contribution in [-0.2, 0) is 6.42 Å². The van der Waals surface area contributed by atoms with Crippen molar-refractivity contribution in [3.05, 3.63) is 162 Å². The number of dihydropyridines is 1. The summed E-state index contributed by atoms with van der Waals surface area (Å²) in [6.07, 6.45) is 16.7. The maximum atomic E-state index is 6.73. The fourth-order valence-electron chi connectivity index (χ4n) is 7.20. The van der Waals surface area contributed by atoms with Crippen LogP contribution >= 0.6 is 0 Å². The molecular weight excluding hydrogens is 592 g/mol. The molecule has 48 heavy (non-hydrogen) atoms. The number of benzene rings is 4. The number of nitrogens with zero attached hydrogens (tertiary/aromatic N) is 3. The highest BCUT2D eigenvalue weighted by molar-refractivity contribution is 6.09. The Morgan fingerprint density at radius 3 is 2.38 bits per heavy atom. The van der Waals surface area contributed by atoms with E-state index in [9.17, 15) is 0 Å². The molecule has 1 N–H and O–H groups in total. The van der Waals surface area contributed by atoms with E-state index in [2.05, 4.69) is 66.0 Å². The van der Waals surface area contributed by atoms with Gasteiger partial charge < -0.3 is 14.2 Å². The molecule has 6 nitrogen and oxygen atoms in total. The summed E-state index contributed by atoms with van der Waals surface area (Å²) < 4.78 is 13.2. The van der Waals surface area contributed by atoms with Gasteiger partial charge in [0.15, 0.2) is 17.5 Å². The van der Waals surface area contributed by atoms with E-state index in [1.54, 1.807) is 0 Å². The summed E-state index contributed by atoms with van der Waals surface area (Å²) in [5.74, 6) is 2.75. The zero-order valence-electron chi connectivity index (χ0n) is 25.9. The zero-order valence-corrected chi connectivity index (χ0v) is 25.9. The topological polar surface area (TPSA) is 77.0 Å². The van der Waals surface area contributed by atoms with Crippen LogP contribution in [0.15, 0.2) is 148 Å². The van der Waals surface area contributed by atoms with Gasteiger partial charge >= 0.3 is 0 Å². The molecular formula is C42H28N4O2. The third kappa shape index (κ3) is 4.23. The number of aryl methyl sites for hydroxylation is 1. The van der Waals surface area contributed by atoms with Gasteiger partial charge in [-0.2, -0.15) is 0 Å². The molecule has 0 spiro atoms. The molecule has 1 atom stereocenters. The van der Waals surface area contributed by atoms with Crippen molar-refractivity contribution in [3.8, 4) is 22.8 Å². The van der Waals surface area contributed by atoms with Crippen molar-refractivity contribution >= 4 is 44.1 Å². The Morgan fingerprint density at radius 2 is 1.44 bits per heavy atom. The highest BCUT2D eigenvalue weighted by atomic mass is 16.3. The standard InChI is InChI=1S/C42H28N4O2/c1-2-10-26(11-3-1)40-44-41(46-42(45-40)33-18-7-15-30-29-13-4-5-19-35(29)47-39(30)33)32-17-8-20-36-37(32)31-16-6-14-28(38(31)48-36)27-22-21-25-12-9-23-43-34(25)24-27/h1-7,9-19,21-24,34,43H,8,20H2. The van der Waals surface area contributed by atoms with Gasteiger partial charge in [0.2, 0.25) is 0 Å². The van der Waals surface area contributed by atoms with Crippen LogP contribution in [0.1, 0.15) is 29.1 Å². The maximum absolute atomic E-state index is 6.73. The van der Waals surface area contributed by atoms with Crippen LogP contribution in [0, 0.1) is 0 Å². The lowest BCUT2D eigenvalue weighted by atomic mass is 9.89. The van der Waals surface area contributed by atoms with Crippen LogP contribution in [0.3, 0.4) is 0 Å². The second-order valence-electron chi connectivity index (χ2n) is 12.3. The van der Waals surface area contributed by atoms with E-state index in [0.29, 0.717) is 17.5 Å². The SMILES string of the molecule is C1=CNC2C=C(c3cccc4c5c(oc34)CCC=C5c3nc(-c4ccccc4)nc(-c4cccc5c4oc4ccccc45)n3)C=CC2=C1. The minimum absolute atomic E-state index is 0.140. The number of aromatic nitrogens is 3. The van der Waals surface area contributed by atoms with Crippen molar-refractivity contribution in [1.82, 2.24) is 20.3 Å². The molecule has 0 saturated carbocycles. The van der Waals surface area contributed by atoms with Gasteiger partial charge in [-0.15, -0.1) is 0 Å². The molecule has 3 aliphatic rings. The number of nitrogens with one attached hydrogen (secondary N) is 1. The summed E-state index contributed by atoms with van der Waals surface area (Å²) in [6, 6.07) is 30.9. The van der Waals surface area contributed by atoms with Crippen LogP contribution in [0.2, 0.25) is 0 Å². The Hall–Kier alpha value is -6.27. The van der Waals surface area contributed by atoms with Gasteiger partial charge in [0.1, 0.15) is 22.5 Å². The van der Waals surface area contributed by atoms with Gasteiger partial charge in [-0.1, -0.05) is 103 Å². The van der Waals surface area contributed by atoms with Crippen molar-refractivity contribution in [1.29, 1.82) is 0 Å². The molecule has 3 aromatic heterocycles. The summed E-state index contributed by atoms with van der Waals surface area (Å²) in [5.41, 5.74) is 9.70. The summed E-state index contributed by atoms with van der Waals surface area (Å²) in [4.78, 5) is 15.3. The first kappa shape index (κ1) is 26.9. The monoisotopic (exact) mass is 620 g/mol. The fourth-order valence-corrected chi connectivity index (χ4v) is 7.20. The largest absolute Gasteiger partial charge is 0.460 e. The molecule has 10 rings (SSSR count). The summed E-state index contributed by atoms with van der Waals surface area (Å²) in [7, 11) is 0. The normalized spacial score (nSPS) is 16.8. The van der Waals surface area contributed by atoms with E-state index in [1.165, 1.54) is 5.57 Å².